The minimum atomic E-state index is -3.27. The van der Waals surface area contributed by atoms with Gasteiger partial charge in [0.25, 0.3) is 0 Å². The van der Waals surface area contributed by atoms with Crippen LogP contribution in [0.2, 0.25) is 0 Å². The lowest BCUT2D eigenvalue weighted by Gasteiger charge is -2.15. The maximum Gasteiger partial charge on any atom is 0.237 e. The second-order valence-corrected chi connectivity index (χ2v) is 8.09. The lowest BCUT2D eigenvalue weighted by Crippen LogP contribution is -2.17. The van der Waals surface area contributed by atoms with Crippen LogP contribution in [0, 0.1) is 0 Å². The molecule has 0 saturated heterocycles. The normalized spacial score (nSPS) is 15.5. The standard InChI is InChI=1S/C9H10BrNO2S2/c1-2-11-6-14-9-5-7(15(10,12)13)3-4-8(9)11/h3-5H,2,6H2,1H3. The number of halogens is 1. The van der Waals surface area contributed by atoms with Crippen LogP contribution < -0.4 is 4.90 Å². The van der Waals surface area contributed by atoms with E-state index in [1.54, 1.807) is 23.9 Å². The fourth-order valence-electron chi connectivity index (χ4n) is 1.50. The summed E-state index contributed by atoms with van der Waals surface area (Å²) in [6, 6.07) is 5.23. The summed E-state index contributed by atoms with van der Waals surface area (Å²) in [7, 11) is -3.27. The number of benzene rings is 1. The van der Waals surface area contributed by atoms with Crippen LogP contribution in [-0.4, -0.2) is 20.8 Å². The molecule has 0 fully saturated rings. The first-order valence-corrected chi connectivity index (χ1v) is 8.80. The number of thioether (sulfide) groups is 1. The SMILES string of the molecule is CCN1CSc2cc(S(=O)(=O)Br)ccc21. The molecule has 1 heterocycles. The molecule has 0 N–H and O–H groups in total. The Morgan fingerprint density at radius 3 is 2.87 bits per heavy atom. The zero-order valence-electron chi connectivity index (χ0n) is 8.10. The smallest absolute Gasteiger partial charge is 0.237 e. The number of hydrogen-bond donors (Lipinski definition) is 0. The highest BCUT2D eigenvalue weighted by molar-refractivity contribution is 9.47. The van der Waals surface area contributed by atoms with Crippen LogP contribution in [0.3, 0.4) is 0 Å². The number of nitrogens with zero attached hydrogens (tertiary/aromatic N) is 1. The molecule has 0 bridgehead atoms. The van der Waals surface area contributed by atoms with Crippen LogP contribution in [-0.2, 0) is 8.27 Å². The van der Waals surface area contributed by atoms with Gasteiger partial charge in [0.05, 0.1) is 31.3 Å². The summed E-state index contributed by atoms with van der Waals surface area (Å²) in [5.74, 6) is 0.900. The topological polar surface area (TPSA) is 37.4 Å². The van der Waals surface area contributed by atoms with Crippen molar-refractivity contribution in [3.05, 3.63) is 18.2 Å². The molecule has 1 aromatic rings. The van der Waals surface area contributed by atoms with Crippen LogP contribution in [0.25, 0.3) is 0 Å². The highest BCUT2D eigenvalue weighted by atomic mass is 79.9. The molecule has 0 atom stereocenters. The van der Waals surface area contributed by atoms with Crippen molar-refractivity contribution < 1.29 is 8.42 Å². The fourth-order valence-corrected chi connectivity index (χ4v) is 3.84. The van der Waals surface area contributed by atoms with Gasteiger partial charge in [0, 0.05) is 11.4 Å². The average Bonchev–Trinajstić information content (AvgIpc) is 2.58. The van der Waals surface area contributed by atoms with Gasteiger partial charge in [-0.3, -0.25) is 0 Å². The molecule has 0 spiro atoms. The summed E-state index contributed by atoms with van der Waals surface area (Å²) in [4.78, 5) is 3.58. The van der Waals surface area contributed by atoms with E-state index in [1.807, 2.05) is 6.07 Å². The Morgan fingerprint density at radius 2 is 2.27 bits per heavy atom. The van der Waals surface area contributed by atoms with Gasteiger partial charge in [-0.05, 0) is 25.1 Å². The number of anilines is 1. The van der Waals surface area contributed by atoms with Crippen LogP contribution >= 0.6 is 26.6 Å². The van der Waals surface area contributed by atoms with E-state index in [4.69, 9.17) is 0 Å². The molecule has 0 saturated carbocycles. The van der Waals surface area contributed by atoms with E-state index in [1.165, 1.54) is 0 Å². The monoisotopic (exact) mass is 307 g/mol. The molecule has 0 aliphatic carbocycles. The van der Waals surface area contributed by atoms with Gasteiger partial charge in [-0.25, -0.2) is 8.42 Å². The molecule has 2 rings (SSSR count). The molecule has 0 aromatic heterocycles. The lowest BCUT2D eigenvalue weighted by atomic mass is 10.3. The van der Waals surface area contributed by atoms with Crippen molar-refractivity contribution in [3.63, 3.8) is 0 Å². The Hall–Kier alpha value is -0.200. The maximum absolute atomic E-state index is 11.3. The van der Waals surface area contributed by atoms with Crippen molar-refractivity contribution >= 4 is 40.5 Å². The first-order valence-electron chi connectivity index (χ1n) is 4.49. The Balaban J connectivity index is 2.46. The highest BCUT2D eigenvalue weighted by Gasteiger charge is 2.20. The zero-order chi connectivity index (χ0) is 11.1. The van der Waals surface area contributed by atoms with Gasteiger partial charge in [-0.15, -0.1) is 11.8 Å². The van der Waals surface area contributed by atoms with E-state index in [2.05, 4.69) is 26.6 Å². The largest absolute Gasteiger partial charge is 0.361 e. The number of rotatable bonds is 2. The van der Waals surface area contributed by atoms with Crippen LogP contribution in [0.1, 0.15) is 6.92 Å². The highest BCUT2D eigenvalue weighted by Crippen LogP contribution is 2.39. The molecule has 3 nitrogen and oxygen atoms in total. The van der Waals surface area contributed by atoms with Crippen molar-refractivity contribution in [1.29, 1.82) is 0 Å². The molecule has 1 aliphatic rings. The number of fused-ring (bicyclic) bond motifs is 1. The summed E-state index contributed by atoms with van der Waals surface area (Å²) in [5.41, 5.74) is 1.13. The van der Waals surface area contributed by atoms with E-state index in [9.17, 15) is 8.42 Å². The van der Waals surface area contributed by atoms with Crippen molar-refractivity contribution in [2.75, 3.05) is 17.3 Å². The van der Waals surface area contributed by atoms with Gasteiger partial charge in [0.15, 0.2) is 0 Å². The predicted molar refractivity (Wildman–Crippen MR) is 66.3 cm³/mol. The third-order valence-electron chi connectivity index (χ3n) is 2.31. The average molecular weight is 308 g/mol. The Morgan fingerprint density at radius 1 is 1.53 bits per heavy atom. The quantitative estimate of drug-likeness (QED) is 0.787. The Labute approximate surface area is 101 Å². The summed E-state index contributed by atoms with van der Waals surface area (Å²) in [6.07, 6.45) is 0. The molecule has 6 heteroatoms. The molecule has 0 unspecified atom stereocenters. The molecule has 15 heavy (non-hydrogen) atoms. The first-order chi connectivity index (χ1) is 7.02. The van der Waals surface area contributed by atoms with E-state index in [0.717, 1.165) is 23.0 Å². The van der Waals surface area contributed by atoms with Gasteiger partial charge >= 0.3 is 0 Å². The molecule has 1 aliphatic heterocycles. The van der Waals surface area contributed by atoms with Gasteiger partial charge in [0.2, 0.25) is 8.27 Å². The first kappa shape index (κ1) is 11.3. The van der Waals surface area contributed by atoms with Crippen molar-refractivity contribution in [2.24, 2.45) is 0 Å². The summed E-state index contributed by atoms with van der Waals surface area (Å²) in [5, 5.41) is 0. The van der Waals surface area contributed by atoms with Gasteiger partial charge < -0.3 is 4.90 Å². The molecule has 1 aromatic carbocycles. The molecular weight excluding hydrogens is 298 g/mol. The van der Waals surface area contributed by atoms with Crippen molar-refractivity contribution in [3.8, 4) is 0 Å². The number of hydrogen-bond acceptors (Lipinski definition) is 4. The van der Waals surface area contributed by atoms with Gasteiger partial charge in [-0.2, -0.15) is 0 Å². The molecule has 82 valence electrons. The zero-order valence-corrected chi connectivity index (χ0v) is 11.3. The third-order valence-corrected chi connectivity index (χ3v) is 5.33. The second-order valence-electron chi connectivity index (χ2n) is 3.20. The van der Waals surface area contributed by atoms with E-state index < -0.39 is 8.27 Å². The molecular formula is C9H10BrNO2S2. The Kier molecular flexibility index (Phi) is 3.00. The van der Waals surface area contributed by atoms with E-state index in [0.29, 0.717) is 4.90 Å². The minimum Gasteiger partial charge on any atom is -0.361 e. The third kappa shape index (κ3) is 2.16. The van der Waals surface area contributed by atoms with Crippen LogP contribution in [0.5, 0.6) is 0 Å². The maximum atomic E-state index is 11.3. The van der Waals surface area contributed by atoms with Crippen LogP contribution in [0.4, 0.5) is 5.69 Å². The fraction of sp³-hybridized carbons (Fsp3) is 0.333. The predicted octanol–water partition coefficient (Wildman–Crippen LogP) is 2.66. The molecule has 0 amide bonds. The summed E-state index contributed by atoms with van der Waals surface area (Å²) >= 11 is 4.35. The van der Waals surface area contributed by atoms with Gasteiger partial charge in [-0.1, -0.05) is 0 Å². The second kappa shape index (κ2) is 3.99. The van der Waals surface area contributed by atoms with Crippen LogP contribution in [0.15, 0.2) is 28.0 Å². The summed E-state index contributed by atoms with van der Waals surface area (Å²) in [6.45, 7) is 3.03. The van der Waals surface area contributed by atoms with Gasteiger partial charge in [0.1, 0.15) is 0 Å². The Bertz CT molecular complexity index is 487. The van der Waals surface area contributed by atoms with Crippen molar-refractivity contribution in [1.82, 2.24) is 0 Å². The molecule has 0 radical (unpaired) electrons. The summed E-state index contributed by atoms with van der Waals surface area (Å²) < 4.78 is 22.6. The minimum absolute atomic E-state index is 0.326. The lowest BCUT2D eigenvalue weighted by molar-refractivity contribution is 0.611. The van der Waals surface area contributed by atoms with E-state index in [-0.39, 0.29) is 0 Å². The van der Waals surface area contributed by atoms with Crippen molar-refractivity contribution in [2.45, 2.75) is 16.7 Å². The van der Waals surface area contributed by atoms with E-state index >= 15 is 0 Å².